The lowest BCUT2D eigenvalue weighted by Gasteiger charge is -2.41. The summed E-state index contributed by atoms with van der Waals surface area (Å²) < 4.78 is 10.6. The van der Waals surface area contributed by atoms with Gasteiger partial charge in [-0.05, 0) is 6.42 Å². The van der Waals surface area contributed by atoms with E-state index in [2.05, 4.69) is 0 Å². The summed E-state index contributed by atoms with van der Waals surface area (Å²) in [6.07, 6.45) is 1.26. The van der Waals surface area contributed by atoms with Gasteiger partial charge in [0, 0.05) is 20.2 Å². The van der Waals surface area contributed by atoms with Gasteiger partial charge in [0.1, 0.15) is 0 Å². The maximum Gasteiger partial charge on any atom is 0.225 e. The average Bonchev–Trinajstić information content (AvgIpc) is 2.35. The molecule has 0 aromatic heterocycles. The third-order valence-corrected chi connectivity index (χ3v) is 3.14. The van der Waals surface area contributed by atoms with Crippen LogP contribution in [0.2, 0.25) is 0 Å². The fourth-order valence-electron chi connectivity index (χ4n) is 1.89. The van der Waals surface area contributed by atoms with Gasteiger partial charge in [0.2, 0.25) is 5.91 Å². The van der Waals surface area contributed by atoms with Gasteiger partial charge in [0.15, 0.2) is 0 Å². The Hall–Kier alpha value is -0.650. The number of nitrogens with zero attached hydrogens (tertiary/aromatic N) is 1. The van der Waals surface area contributed by atoms with Crippen LogP contribution >= 0.6 is 0 Å². The number of hydrogen-bond donors (Lipinski definition) is 1. The highest BCUT2D eigenvalue weighted by Gasteiger charge is 2.35. The van der Waals surface area contributed by atoms with Crippen LogP contribution in [0.1, 0.15) is 19.8 Å². The second-order valence-electron chi connectivity index (χ2n) is 4.15. The third kappa shape index (κ3) is 3.17. The Bertz CT molecular complexity index is 229. The lowest BCUT2D eigenvalue weighted by atomic mass is 9.98. The molecule has 5 heteroatoms. The number of amides is 1. The summed E-state index contributed by atoms with van der Waals surface area (Å²) in [5.41, 5.74) is 5.38. The van der Waals surface area contributed by atoms with E-state index >= 15 is 0 Å². The number of rotatable bonds is 5. The molecule has 94 valence electrons. The number of ether oxygens (including phenoxy) is 2. The largest absolute Gasteiger partial charge is 0.384 e. The van der Waals surface area contributed by atoms with Gasteiger partial charge < -0.3 is 20.1 Å². The van der Waals surface area contributed by atoms with Gasteiger partial charge >= 0.3 is 0 Å². The Morgan fingerprint density at radius 2 is 2.38 bits per heavy atom. The standard InChI is InChI=1S/C11H22N2O3/c1-3-11(8-12)9-13(5-7-16-11)10(14)4-6-15-2/h3-9,12H2,1-2H3. The molecule has 0 spiro atoms. The first-order valence-corrected chi connectivity index (χ1v) is 5.78. The summed E-state index contributed by atoms with van der Waals surface area (Å²) in [5.74, 6) is 0.122. The van der Waals surface area contributed by atoms with E-state index in [0.717, 1.165) is 6.42 Å². The molecule has 0 aromatic carbocycles. The first kappa shape index (κ1) is 13.4. The van der Waals surface area contributed by atoms with Crippen molar-refractivity contribution in [3.63, 3.8) is 0 Å². The van der Waals surface area contributed by atoms with Crippen molar-refractivity contribution in [2.24, 2.45) is 5.73 Å². The van der Waals surface area contributed by atoms with Crippen molar-refractivity contribution in [2.45, 2.75) is 25.4 Å². The van der Waals surface area contributed by atoms with Crippen LogP contribution in [0.4, 0.5) is 0 Å². The molecule has 1 fully saturated rings. The van der Waals surface area contributed by atoms with Crippen LogP contribution in [-0.4, -0.2) is 56.4 Å². The molecule has 1 aliphatic rings. The van der Waals surface area contributed by atoms with Gasteiger partial charge in [-0.1, -0.05) is 6.92 Å². The van der Waals surface area contributed by atoms with E-state index < -0.39 is 0 Å². The molecule has 5 nitrogen and oxygen atoms in total. The molecule has 1 heterocycles. The Kier molecular flexibility index (Phi) is 5.18. The van der Waals surface area contributed by atoms with E-state index in [1.165, 1.54) is 0 Å². The lowest BCUT2D eigenvalue weighted by Crippen LogP contribution is -2.57. The zero-order chi connectivity index (χ0) is 12.0. The maximum absolute atomic E-state index is 11.8. The average molecular weight is 230 g/mol. The van der Waals surface area contributed by atoms with E-state index in [0.29, 0.717) is 39.3 Å². The quantitative estimate of drug-likeness (QED) is 0.721. The second kappa shape index (κ2) is 6.18. The molecule has 0 saturated carbocycles. The Morgan fingerprint density at radius 1 is 1.62 bits per heavy atom. The lowest BCUT2D eigenvalue weighted by molar-refractivity contribution is -0.150. The smallest absolute Gasteiger partial charge is 0.225 e. The number of hydrogen-bond acceptors (Lipinski definition) is 4. The van der Waals surface area contributed by atoms with E-state index in [4.69, 9.17) is 15.2 Å². The fourth-order valence-corrected chi connectivity index (χ4v) is 1.89. The number of carbonyl (C=O) groups is 1. The van der Waals surface area contributed by atoms with Crippen LogP contribution in [0.15, 0.2) is 0 Å². The molecule has 1 rings (SSSR count). The summed E-state index contributed by atoms with van der Waals surface area (Å²) in [4.78, 5) is 13.7. The molecule has 16 heavy (non-hydrogen) atoms. The molecular formula is C11H22N2O3. The van der Waals surface area contributed by atoms with Crippen molar-refractivity contribution in [1.29, 1.82) is 0 Å². The minimum absolute atomic E-state index is 0.122. The molecule has 1 aliphatic heterocycles. The van der Waals surface area contributed by atoms with Crippen molar-refractivity contribution < 1.29 is 14.3 Å². The Balaban J connectivity index is 2.52. The molecule has 1 atom stereocenters. The van der Waals surface area contributed by atoms with Gasteiger partial charge in [-0.15, -0.1) is 0 Å². The van der Waals surface area contributed by atoms with Gasteiger partial charge in [0.05, 0.1) is 31.8 Å². The highest BCUT2D eigenvalue weighted by atomic mass is 16.5. The molecule has 1 amide bonds. The van der Waals surface area contributed by atoms with Crippen LogP contribution in [0.25, 0.3) is 0 Å². The predicted molar refractivity (Wildman–Crippen MR) is 61.1 cm³/mol. The number of methoxy groups -OCH3 is 1. The van der Waals surface area contributed by atoms with Crippen molar-refractivity contribution in [3.05, 3.63) is 0 Å². The van der Waals surface area contributed by atoms with Crippen LogP contribution in [0, 0.1) is 0 Å². The molecule has 0 radical (unpaired) electrons. The van der Waals surface area contributed by atoms with Gasteiger partial charge in [0.25, 0.3) is 0 Å². The van der Waals surface area contributed by atoms with Crippen LogP contribution in [0.3, 0.4) is 0 Å². The van der Waals surface area contributed by atoms with Crippen LogP contribution in [-0.2, 0) is 14.3 Å². The van der Waals surface area contributed by atoms with E-state index in [9.17, 15) is 4.79 Å². The van der Waals surface area contributed by atoms with Gasteiger partial charge in [-0.25, -0.2) is 0 Å². The van der Waals surface area contributed by atoms with Crippen molar-refractivity contribution >= 4 is 5.91 Å². The van der Waals surface area contributed by atoms with Crippen LogP contribution < -0.4 is 5.73 Å². The van der Waals surface area contributed by atoms with Crippen LogP contribution in [0.5, 0.6) is 0 Å². The van der Waals surface area contributed by atoms with Crippen molar-refractivity contribution in [1.82, 2.24) is 4.90 Å². The van der Waals surface area contributed by atoms with Crippen molar-refractivity contribution in [3.8, 4) is 0 Å². The third-order valence-electron chi connectivity index (χ3n) is 3.14. The van der Waals surface area contributed by atoms with Gasteiger partial charge in [-0.3, -0.25) is 4.79 Å². The van der Waals surface area contributed by atoms with Crippen molar-refractivity contribution in [2.75, 3.05) is 40.0 Å². The number of nitrogens with two attached hydrogens (primary N) is 1. The summed E-state index contributed by atoms with van der Waals surface area (Å²) in [7, 11) is 1.60. The Morgan fingerprint density at radius 3 is 2.94 bits per heavy atom. The van der Waals surface area contributed by atoms with E-state index in [1.54, 1.807) is 7.11 Å². The maximum atomic E-state index is 11.8. The molecular weight excluding hydrogens is 208 g/mol. The second-order valence-corrected chi connectivity index (χ2v) is 4.15. The molecule has 1 unspecified atom stereocenters. The Labute approximate surface area is 96.9 Å². The fraction of sp³-hybridized carbons (Fsp3) is 0.909. The minimum Gasteiger partial charge on any atom is -0.384 e. The first-order chi connectivity index (χ1) is 7.67. The summed E-state index contributed by atoms with van der Waals surface area (Å²) in [6, 6.07) is 0. The number of carbonyl (C=O) groups excluding carboxylic acids is 1. The predicted octanol–water partition coefficient (Wildman–Crippen LogP) is -0.0108. The topological polar surface area (TPSA) is 64.8 Å². The minimum atomic E-state index is -0.346. The highest BCUT2D eigenvalue weighted by molar-refractivity contribution is 5.76. The number of morpholine rings is 1. The first-order valence-electron chi connectivity index (χ1n) is 5.78. The zero-order valence-corrected chi connectivity index (χ0v) is 10.2. The molecule has 0 bridgehead atoms. The normalized spacial score (nSPS) is 25.8. The summed E-state index contributed by atoms with van der Waals surface area (Å²) in [6.45, 7) is 4.79. The van der Waals surface area contributed by atoms with Gasteiger partial charge in [-0.2, -0.15) is 0 Å². The summed E-state index contributed by atoms with van der Waals surface area (Å²) in [5, 5.41) is 0. The summed E-state index contributed by atoms with van der Waals surface area (Å²) >= 11 is 0. The molecule has 2 N–H and O–H groups in total. The molecule has 1 saturated heterocycles. The molecule has 0 aromatic rings. The monoisotopic (exact) mass is 230 g/mol. The highest BCUT2D eigenvalue weighted by Crippen LogP contribution is 2.21. The molecule has 0 aliphatic carbocycles. The zero-order valence-electron chi connectivity index (χ0n) is 10.2. The SMILES string of the molecule is CCC1(CN)CN(C(=O)CCOC)CCO1. The van der Waals surface area contributed by atoms with E-state index in [-0.39, 0.29) is 11.5 Å². The van der Waals surface area contributed by atoms with E-state index in [1.807, 2.05) is 11.8 Å².